The van der Waals surface area contributed by atoms with Gasteiger partial charge in [-0.25, -0.2) is 0 Å². The molecule has 0 radical (unpaired) electrons. The Morgan fingerprint density at radius 2 is 0.690 bits per heavy atom. The zero-order valence-electron chi connectivity index (χ0n) is 37.1. The van der Waals surface area contributed by atoms with Crippen LogP contribution in [-0.4, -0.2) is 11.4 Å². The molecule has 0 saturated carbocycles. The number of para-hydroxylation sites is 2. The number of allylic oxidation sites excluding steroid dienone is 4. The fraction of sp³-hybridized carbons (Fsp3) is 0.400. The number of benzene rings is 4. The van der Waals surface area contributed by atoms with Crippen molar-refractivity contribution in [2.24, 2.45) is 9.98 Å². The van der Waals surface area contributed by atoms with Crippen molar-refractivity contribution in [2.75, 3.05) is 0 Å². The van der Waals surface area contributed by atoms with Crippen molar-refractivity contribution in [3.63, 3.8) is 0 Å². The number of aliphatic imine (C=N–C) groups is 2. The summed E-state index contributed by atoms with van der Waals surface area (Å²) in [4.78, 5) is 9.65. The van der Waals surface area contributed by atoms with Crippen LogP contribution in [0, 0.1) is 0 Å². The Labute approximate surface area is 377 Å². The van der Waals surface area contributed by atoms with Crippen molar-refractivity contribution in [1.29, 1.82) is 0 Å². The normalized spacial score (nSPS) is 13.2. The SMILES string of the molecule is CC(/C=C(/C)[N-]c1c(C(C)C)cccc1C(C)C)=N[C@@H](C)c1ccccc1.CC(/C=C(/C)[N-]c1c(C(C)C)cccc1C(C)C)=N[C@@H](C)c1ccccc1.[Cl][Co+].[Cl][Co+]. The van der Waals surface area contributed by atoms with E-state index < -0.39 is 0 Å². The first-order valence-corrected chi connectivity index (χ1v) is 22.9. The van der Waals surface area contributed by atoms with Gasteiger partial charge in [-0.3, -0.25) is 9.98 Å². The van der Waals surface area contributed by atoms with Gasteiger partial charge in [-0.1, -0.05) is 201 Å². The third-order valence-corrected chi connectivity index (χ3v) is 9.46. The van der Waals surface area contributed by atoms with Crippen LogP contribution in [0.3, 0.4) is 0 Å². The average molecular weight is 912 g/mol. The van der Waals surface area contributed by atoms with Gasteiger partial charge in [0.2, 0.25) is 0 Å². The van der Waals surface area contributed by atoms with Gasteiger partial charge >= 0.3 is 50.0 Å². The van der Waals surface area contributed by atoms with E-state index in [1.165, 1.54) is 33.4 Å². The number of nitrogens with zero attached hydrogens (tertiary/aromatic N) is 4. The third-order valence-electron chi connectivity index (χ3n) is 9.46. The predicted molar refractivity (Wildman–Crippen MR) is 250 cm³/mol. The topological polar surface area (TPSA) is 52.9 Å². The first-order valence-electron chi connectivity index (χ1n) is 20.1. The summed E-state index contributed by atoms with van der Waals surface area (Å²) in [6, 6.07) is 34.2. The van der Waals surface area contributed by atoms with Crippen LogP contribution < -0.4 is 0 Å². The minimum absolute atomic E-state index is 0.143. The Morgan fingerprint density at radius 3 is 0.931 bits per heavy atom. The Hall–Kier alpha value is -3.11. The molecule has 0 aliphatic rings. The van der Waals surface area contributed by atoms with Crippen LogP contribution in [-0.2, 0) is 29.7 Å². The quantitative estimate of drug-likeness (QED) is 0.113. The maximum atomic E-state index is 5.00. The molecule has 8 heteroatoms. The van der Waals surface area contributed by atoms with E-state index in [1.54, 1.807) is 0 Å². The van der Waals surface area contributed by atoms with Crippen molar-refractivity contribution < 1.29 is 29.7 Å². The number of hydrogen-bond donors (Lipinski definition) is 0. The molecule has 0 amide bonds. The molecule has 0 fully saturated rings. The first kappa shape index (κ1) is 52.9. The summed E-state index contributed by atoms with van der Waals surface area (Å²) in [5.74, 6) is 1.79. The van der Waals surface area contributed by atoms with Crippen LogP contribution in [0.5, 0.6) is 0 Å². The number of halogens is 2. The van der Waals surface area contributed by atoms with Crippen molar-refractivity contribution >= 4 is 43.1 Å². The standard InChI is InChI=1S/2C25H33N2.2ClH.2Co/c2*1-17(2)23-14-11-15-24(18(3)4)25(23)27-20(6)16-19(5)26-21(7)22-12-9-8-10-13-22;;;;/h2*8-18,21H,1-7H3;2*1H;;/q2*-1;;;2*+2/p-2/b2*20-16-,26-19?;;;;/t2*21-;;;;/m00..../s1. The van der Waals surface area contributed by atoms with E-state index in [2.05, 4.69) is 244 Å². The summed E-state index contributed by atoms with van der Waals surface area (Å²) >= 11 is 6.07. The molecule has 0 aliphatic carbocycles. The van der Waals surface area contributed by atoms with E-state index in [0.29, 0.717) is 23.7 Å². The first-order chi connectivity index (χ1) is 27.6. The fourth-order valence-corrected chi connectivity index (χ4v) is 6.60. The molecule has 0 N–H and O–H groups in total. The summed E-state index contributed by atoms with van der Waals surface area (Å²) < 4.78 is 0. The zero-order chi connectivity index (χ0) is 43.9. The molecule has 0 saturated heterocycles. The molecule has 4 aromatic rings. The van der Waals surface area contributed by atoms with Crippen LogP contribution in [0.1, 0.15) is 166 Å². The summed E-state index contributed by atoms with van der Waals surface area (Å²) in [7, 11) is 8.65. The Kier molecular flexibility index (Phi) is 25.9. The molecular formula is C50H66Cl2Co2N4. The van der Waals surface area contributed by atoms with Crippen LogP contribution in [0.4, 0.5) is 11.4 Å². The molecule has 0 spiro atoms. The summed E-state index contributed by atoms with van der Waals surface area (Å²) in [6.45, 7) is 30.3. The third kappa shape index (κ3) is 18.0. The van der Waals surface area contributed by atoms with Crippen LogP contribution in [0.25, 0.3) is 10.6 Å². The van der Waals surface area contributed by atoms with E-state index in [9.17, 15) is 0 Å². The van der Waals surface area contributed by atoms with Crippen molar-refractivity contribution in [3.8, 4) is 0 Å². The molecule has 4 rings (SSSR count). The Morgan fingerprint density at radius 1 is 0.431 bits per heavy atom. The summed E-state index contributed by atoms with van der Waals surface area (Å²) in [6.07, 6.45) is 4.17. The predicted octanol–water partition coefficient (Wildman–Crippen LogP) is 17.5. The van der Waals surface area contributed by atoms with Gasteiger partial charge in [0.1, 0.15) is 0 Å². The van der Waals surface area contributed by atoms with Crippen LogP contribution in [0.15, 0.2) is 131 Å². The molecule has 0 aromatic heterocycles. The van der Waals surface area contributed by atoms with E-state index in [-0.39, 0.29) is 12.1 Å². The van der Waals surface area contributed by atoms with Crippen LogP contribution >= 0.6 is 20.3 Å². The van der Waals surface area contributed by atoms with E-state index >= 15 is 0 Å². The van der Waals surface area contributed by atoms with Gasteiger partial charge in [0, 0.05) is 11.4 Å². The van der Waals surface area contributed by atoms with Crippen molar-refractivity contribution in [1.82, 2.24) is 0 Å². The molecule has 0 aliphatic heterocycles. The Balaban J connectivity index is 0.000000534. The van der Waals surface area contributed by atoms with Crippen molar-refractivity contribution in [3.05, 3.63) is 165 Å². The second kappa shape index (κ2) is 28.4. The molecule has 58 heavy (non-hydrogen) atoms. The van der Waals surface area contributed by atoms with E-state index in [0.717, 1.165) is 34.2 Å². The number of rotatable bonds is 14. The maximum absolute atomic E-state index is 5.00. The second-order valence-corrected chi connectivity index (χ2v) is 15.7. The monoisotopic (exact) mass is 910 g/mol. The molecule has 4 aromatic carbocycles. The minimum atomic E-state index is 0.143. The number of hydrogen-bond acceptors (Lipinski definition) is 2. The Bertz CT molecular complexity index is 1710. The van der Waals surface area contributed by atoms with Gasteiger partial charge in [-0.05, 0) is 62.5 Å². The second-order valence-electron chi connectivity index (χ2n) is 15.7. The van der Waals surface area contributed by atoms with Gasteiger partial charge in [-0.2, -0.15) is 11.4 Å². The average Bonchev–Trinajstić information content (AvgIpc) is 3.19. The van der Waals surface area contributed by atoms with Crippen molar-refractivity contribution in [2.45, 2.75) is 133 Å². The molecule has 2 atom stereocenters. The molecule has 318 valence electrons. The van der Waals surface area contributed by atoms with Gasteiger partial charge in [0.15, 0.2) is 0 Å². The van der Waals surface area contributed by atoms with Gasteiger partial charge in [-0.15, -0.1) is 11.4 Å². The molecule has 0 heterocycles. The molecule has 4 nitrogen and oxygen atoms in total. The van der Waals surface area contributed by atoms with Gasteiger partial charge in [0.25, 0.3) is 0 Å². The zero-order valence-corrected chi connectivity index (χ0v) is 40.7. The molecule has 0 unspecified atom stereocenters. The van der Waals surface area contributed by atoms with E-state index in [4.69, 9.17) is 20.6 Å². The van der Waals surface area contributed by atoms with Crippen LogP contribution in [0.2, 0.25) is 0 Å². The summed E-state index contributed by atoms with van der Waals surface area (Å²) in [5, 5.41) is 10.0. The molecule has 0 bridgehead atoms. The fourth-order valence-electron chi connectivity index (χ4n) is 6.60. The van der Waals surface area contributed by atoms with E-state index in [1.807, 2.05) is 12.1 Å². The summed E-state index contributed by atoms with van der Waals surface area (Å²) in [5.41, 5.74) is 13.9. The molecular weight excluding hydrogens is 845 g/mol. The van der Waals surface area contributed by atoms with Gasteiger partial charge < -0.3 is 10.6 Å². The van der Waals surface area contributed by atoms with Gasteiger partial charge in [0.05, 0.1) is 12.1 Å².